The van der Waals surface area contributed by atoms with Gasteiger partial charge in [-0.1, -0.05) is 39.0 Å². The molecule has 0 aromatic rings. The Morgan fingerprint density at radius 2 is 2.06 bits per heavy atom. The van der Waals surface area contributed by atoms with Crippen LogP contribution in [0, 0.1) is 5.41 Å². The number of ether oxygens (including phenoxy) is 1. The van der Waals surface area contributed by atoms with Gasteiger partial charge in [-0.3, -0.25) is 4.90 Å². The molecule has 1 unspecified atom stereocenters. The second-order valence-corrected chi connectivity index (χ2v) is 6.36. The monoisotopic (exact) mass is 251 g/mol. The molecular weight excluding hydrogens is 222 g/mol. The minimum atomic E-state index is 0.348. The van der Waals surface area contributed by atoms with Gasteiger partial charge >= 0.3 is 0 Å². The van der Waals surface area contributed by atoms with Crippen molar-refractivity contribution in [2.24, 2.45) is 5.41 Å². The zero-order valence-electron chi connectivity index (χ0n) is 12.7. The molecule has 0 spiro atoms. The summed E-state index contributed by atoms with van der Waals surface area (Å²) in [5.74, 6) is 0. The number of hydrogen-bond acceptors (Lipinski definition) is 2. The van der Waals surface area contributed by atoms with Gasteiger partial charge in [0.25, 0.3) is 0 Å². The van der Waals surface area contributed by atoms with Crippen LogP contribution >= 0.6 is 0 Å². The van der Waals surface area contributed by atoms with Gasteiger partial charge in [-0.05, 0) is 31.3 Å². The zero-order valence-corrected chi connectivity index (χ0v) is 12.7. The van der Waals surface area contributed by atoms with Crippen molar-refractivity contribution in [3.63, 3.8) is 0 Å². The SMILES string of the molecule is C/C=C\C(=C/C)CN1CCOC(CC(C)(C)C)C1. The van der Waals surface area contributed by atoms with Gasteiger partial charge in [0.2, 0.25) is 0 Å². The third-order valence-corrected chi connectivity index (χ3v) is 3.22. The Kier molecular flexibility index (Phi) is 6.10. The number of hydrogen-bond donors (Lipinski definition) is 0. The van der Waals surface area contributed by atoms with Crippen LogP contribution in [0.2, 0.25) is 0 Å². The lowest BCUT2D eigenvalue weighted by atomic mass is 9.88. The van der Waals surface area contributed by atoms with Gasteiger partial charge in [0.1, 0.15) is 0 Å². The molecule has 1 heterocycles. The van der Waals surface area contributed by atoms with Crippen LogP contribution in [-0.2, 0) is 4.74 Å². The van der Waals surface area contributed by atoms with Crippen molar-refractivity contribution in [1.82, 2.24) is 4.90 Å². The molecule has 1 atom stereocenters. The van der Waals surface area contributed by atoms with Crippen molar-refractivity contribution in [3.8, 4) is 0 Å². The van der Waals surface area contributed by atoms with E-state index in [1.165, 1.54) is 5.57 Å². The van der Waals surface area contributed by atoms with E-state index in [9.17, 15) is 0 Å². The average Bonchev–Trinajstić information content (AvgIpc) is 2.26. The van der Waals surface area contributed by atoms with E-state index in [0.717, 1.165) is 32.7 Å². The summed E-state index contributed by atoms with van der Waals surface area (Å²) in [4.78, 5) is 2.51. The van der Waals surface area contributed by atoms with Crippen LogP contribution in [0.4, 0.5) is 0 Å². The fourth-order valence-electron chi connectivity index (χ4n) is 2.44. The van der Waals surface area contributed by atoms with Crippen LogP contribution in [0.3, 0.4) is 0 Å². The molecule has 0 aromatic heterocycles. The summed E-state index contributed by atoms with van der Waals surface area (Å²) in [6, 6.07) is 0. The van der Waals surface area contributed by atoms with Crippen LogP contribution in [0.25, 0.3) is 0 Å². The van der Waals surface area contributed by atoms with Gasteiger partial charge in [0.05, 0.1) is 12.7 Å². The molecule has 0 amide bonds. The van der Waals surface area contributed by atoms with Crippen molar-refractivity contribution >= 4 is 0 Å². The Bertz CT molecular complexity index is 299. The number of rotatable bonds is 4. The molecule has 1 rings (SSSR count). The second kappa shape index (κ2) is 7.10. The second-order valence-electron chi connectivity index (χ2n) is 6.36. The van der Waals surface area contributed by atoms with E-state index in [1.807, 2.05) is 0 Å². The average molecular weight is 251 g/mol. The highest BCUT2D eigenvalue weighted by molar-refractivity contribution is 5.19. The van der Waals surface area contributed by atoms with Crippen molar-refractivity contribution < 1.29 is 4.74 Å². The number of morpholine rings is 1. The summed E-state index contributed by atoms with van der Waals surface area (Å²) in [5, 5.41) is 0. The van der Waals surface area contributed by atoms with Crippen LogP contribution in [0.5, 0.6) is 0 Å². The Labute approximate surface area is 113 Å². The van der Waals surface area contributed by atoms with E-state index in [2.05, 4.69) is 57.7 Å². The summed E-state index contributed by atoms with van der Waals surface area (Å²) in [6.07, 6.45) is 8.05. The molecule has 2 nitrogen and oxygen atoms in total. The standard InChI is InChI=1S/C16H29NO/c1-6-8-14(7-2)12-17-9-10-18-15(13-17)11-16(3,4)5/h6-8,15H,9-13H2,1-5H3/b8-6-,14-7+. The molecule has 104 valence electrons. The Morgan fingerprint density at radius 1 is 1.33 bits per heavy atom. The lowest BCUT2D eigenvalue weighted by molar-refractivity contribution is -0.0425. The molecular formula is C16H29NO. The highest BCUT2D eigenvalue weighted by Crippen LogP contribution is 2.24. The summed E-state index contributed by atoms with van der Waals surface area (Å²) in [6.45, 7) is 15.1. The molecule has 0 bridgehead atoms. The van der Waals surface area contributed by atoms with Crippen molar-refractivity contribution in [1.29, 1.82) is 0 Å². The van der Waals surface area contributed by atoms with Gasteiger partial charge in [0.15, 0.2) is 0 Å². The summed E-state index contributed by atoms with van der Waals surface area (Å²) >= 11 is 0. The van der Waals surface area contributed by atoms with Crippen molar-refractivity contribution in [3.05, 3.63) is 23.8 Å². The molecule has 2 heteroatoms. The normalized spacial score (nSPS) is 23.8. The minimum absolute atomic E-state index is 0.348. The predicted octanol–water partition coefficient (Wildman–Crippen LogP) is 3.65. The highest BCUT2D eigenvalue weighted by atomic mass is 16.5. The van der Waals surface area contributed by atoms with Gasteiger partial charge in [-0.2, -0.15) is 0 Å². The Balaban J connectivity index is 2.48. The quantitative estimate of drug-likeness (QED) is 0.707. The molecule has 18 heavy (non-hydrogen) atoms. The first-order valence-electron chi connectivity index (χ1n) is 7.06. The van der Waals surface area contributed by atoms with Gasteiger partial charge in [0, 0.05) is 19.6 Å². The van der Waals surface area contributed by atoms with E-state index in [4.69, 9.17) is 4.74 Å². The van der Waals surface area contributed by atoms with Crippen molar-refractivity contribution in [2.75, 3.05) is 26.2 Å². The smallest absolute Gasteiger partial charge is 0.0707 e. The fourth-order valence-corrected chi connectivity index (χ4v) is 2.44. The molecule has 1 aliphatic heterocycles. The molecule has 1 aliphatic rings. The van der Waals surface area contributed by atoms with Crippen LogP contribution in [0.1, 0.15) is 41.0 Å². The topological polar surface area (TPSA) is 12.5 Å². The minimum Gasteiger partial charge on any atom is -0.376 e. The lowest BCUT2D eigenvalue weighted by Gasteiger charge is -2.36. The lowest BCUT2D eigenvalue weighted by Crippen LogP contribution is -2.44. The van der Waals surface area contributed by atoms with Gasteiger partial charge in [-0.25, -0.2) is 0 Å². The maximum Gasteiger partial charge on any atom is 0.0707 e. The zero-order chi connectivity index (χ0) is 13.6. The fraction of sp³-hybridized carbons (Fsp3) is 0.750. The van der Waals surface area contributed by atoms with Gasteiger partial charge in [-0.15, -0.1) is 0 Å². The van der Waals surface area contributed by atoms with Crippen LogP contribution in [0.15, 0.2) is 23.8 Å². The molecule has 0 aromatic carbocycles. The third-order valence-electron chi connectivity index (χ3n) is 3.22. The number of nitrogens with zero attached hydrogens (tertiary/aromatic N) is 1. The van der Waals surface area contributed by atoms with E-state index in [1.54, 1.807) is 0 Å². The first-order chi connectivity index (χ1) is 8.44. The summed E-state index contributed by atoms with van der Waals surface area (Å²) in [5.41, 5.74) is 1.74. The molecule has 0 saturated carbocycles. The van der Waals surface area contributed by atoms with Crippen LogP contribution in [-0.4, -0.2) is 37.2 Å². The first kappa shape index (κ1) is 15.5. The van der Waals surface area contributed by atoms with Gasteiger partial charge < -0.3 is 4.74 Å². The van der Waals surface area contributed by atoms with E-state index in [0.29, 0.717) is 11.5 Å². The largest absolute Gasteiger partial charge is 0.376 e. The predicted molar refractivity (Wildman–Crippen MR) is 78.8 cm³/mol. The van der Waals surface area contributed by atoms with Crippen LogP contribution < -0.4 is 0 Å². The molecule has 0 radical (unpaired) electrons. The highest BCUT2D eigenvalue weighted by Gasteiger charge is 2.25. The Morgan fingerprint density at radius 3 is 2.61 bits per heavy atom. The molecule has 1 saturated heterocycles. The van der Waals surface area contributed by atoms with E-state index < -0.39 is 0 Å². The Hall–Kier alpha value is -0.600. The third kappa shape index (κ3) is 5.83. The van der Waals surface area contributed by atoms with E-state index >= 15 is 0 Å². The molecule has 0 aliphatic carbocycles. The van der Waals surface area contributed by atoms with E-state index in [-0.39, 0.29) is 0 Å². The first-order valence-corrected chi connectivity index (χ1v) is 7.06. The number of allylic oxidation sites excluding steroid dienone is 2. The summed E-state index contributed by atoms with van der Waals surface area (Å²) in [7, 11) is 0. The molecule has 0 N–H and O–H groups in total. The van der Waals surface area contributed by atoms with Crippen molar-refractivity contribution in [2.45, 2.75) is 47.1 Å². The summed E-state index contributed by atoms with van der Waals surface area (Å²) < 4.78 is 5.88. The molecule has 1 fully saturated rings. The maximum atomic E-state index is 5.88. The maximum absolute atomic E-state index is 5.88.